The molecule has 0 saturated heterocycles. The lowest BCUT2D eigenvalue weighted by Gasteiger charge is -2.28. The molecule has 0 aliphatic carbocycles. The van der Waals surface area contributed by atoms with Crippen molar-refractivity contribution in [1.29, 1.82) is 0 Å². The van der Waals surface area contributed by atoms with Gasteiger partial charge in [0, 0.05) is 0 Å². The van der Waals surface area contributed by atoms with Crippen LogP contribution in [0.15, 0.2) is 29.8 Å². The molecule has 1 N–H and O–H groups in total. The molecular weight excluding hydrogens is 492 g/mol. The number of allylic oxidation sites excluding steroid dienone is 1. The van der Waals surface area contributed by atoms with Gasteiger partial charge in [-0.25, -0.2) is 0 Å². The van der Waals surface area contributed by atoms with Gasteiger partial charge in [-0.3, -0.25) is 4.18 Å². The third-order valence-corrected chi connectivity index (χ3v) is 7.06. The molecule has 0 spiro atoms. The van der Waals surface area contributed by atoms with E-state index in [1.54, 1.807) is 18.2 Å². The number of ether oxygens (including phenoxy) is 3. The Morgan fingerprint density at radius 3 is 2.30 bits per heavy atom. The zero-order valence-electron chi connectivity index (χ0n) is 23.1. The fourth-order valence-electron chi connectivity index (χ4n) is 4.58. The molecular formula is C29H48O7S. The molecule has 7 nitrogen and oxygen atoms in total. The van der Waals surface area contributed by atoms with Gasteiger partial charge in [-0.1, -0.05) is 82.4 Å². The van der Waals surface area contributed by atoms with Crippen LogP contribution >= 0.6 is 0 Å². The van der Waals surface area contributed by atoms with Gasteiger partial charge >= 0.3 is 5.97 Å². The van der Waals surface area contributed by atoms with Gasteiger partial charge in [0.05, 0.1) is 25.9 Å². The zero-order chi connectivity index (χ0) is 27.0. The Hall–Kier alpha value is -1.77. The highest BCUT2D eigenvalue weighted by atomic mass is 32.2. The Morgan fingerprint density at radius 1 is 0.946 bits per heavy atom. The fraction of sp³-hybridized carbons (Fsp3) is 0.724. The number of aromatic hydroxyl groups is 1. The van der Waals surface area contributed by atoms with Crippen LogP contribution in [0.4, 0.5) is 0 Å². The van der Waals surface area contributed by atoms with Gasteiger partial charge in [0.25, 0.3) is 10.1 Å². The van der Waals surface area contributed by atoms with Gasteiger partial charge < -0.3 is 19.3 Å². The minimum atomic E-state index is -3.34. The van der Waals surface area contributed by atoms with E-state index in [0.29, 0.717) is 24.5 Å². The van der Waals surface area contributed by atoms with Crippen LogP contribution in [-0.4, -0.2) is 39.0 Å². The van der Waals surface area contributed by atoms with E-state index in [0.717, 1.165) is 57.6 Å². The molecule has 0 aromatic heterocycles. The Morgan fingerprint density at radius 2 is 1.62 bits per heavy atom. The molecule has 0 radical (unpaired) electrons. The van der Waals surface area contributed by atoms with Gasteiger partial charge in [0.15, 0.2) is 11.5 Å². The Kier molecular flexibility index (Phi) is 14.4. The fourth-order valence-corrected chi connectivity index (χ4v) is 5.00. The number of phenolic OH excluding ortho intramolecular Hbond substituents is 1. The summed E-state index contributed by atoms with van der Waals surface area (Å²) in [6, 6.07) is 5.12. The predicted octanol–water partition coefficient (Wildman–Crippen LogP) is 7.63. The largest absolute Gasteiger partial charge is 0.504 e. The molecule has 0 fully saturated rings. The van der Waals surface area contributed by atoms with Crippen molar-refractivity contribution in [2.24, 2.45) is 0 Å². The van der Waals surface area contributed by atoms with Crippen molar-refractivity contribution in [3.8, 4) is 17.2 Å². The molecule has 1 atom stereocenters. The summed E-state index contributed by atoms with van der Waals surface area (Å²) in [5.41, 5.74) is 1.26. The van der Waals surface area contributed by atoms with E-state index in [-0.39, 0.29) is 12.4 Å². The minimum absolute atomic E-state index is 0.0543. The van der Waals surface area contributed by atoms with E-state index < -0.39 is 16.1 Å². The summed E-state index contributed by atoms with van der Waals surface area (Å²) in [6.45, 7) is 4.85. The lowest BCUT2D eigenvalue weighted by molar-refractivity contribution is -0.279. The van der Waals surface area contributed by atoms with Crippen LogP contribution in [0.2, 0.25) is 0 Å². The normalized spacial score (nSPS) is 17.4. The Labute approximate surface area is 224 Å². The maximum Gasteiger partial charge on any atom is 0.375 e. The maximum atomic E-state index is 11.0. The first-order chi connectivity index (χ1) is 17.8. The molecule has 0 saturated carbocycles. The first-order valence-electron chi connectivity index (χ1n) is 14.1. The SMILES string of the molecule is CCCCCCCC/C=C(\CCCCCCCCOS(C)(=O)=O)CC1(OCC)Oc2cccc(O)c2O1. The summed E-state index contributed by atoms with van der Waals surface area (Å²) in [6.07, 6.45) is 19.5. The summed E-state index contributed by atoms with van der Waals surface area (Å²) in [5, 5.41) is 10.2. The number of unbranched alkanes of at least 4 members (excludes halogenated alkanes) is 11. The van der Waals surface area contributed by atoms with Gasteiger partial charge in [-0.05, 0) is 51.2 Å². The topological polar surface area (TPSA) is 91.3 Å². The number of fused-ring (bicyclic) bond motifs is 1. The number of hydrogen-bond acceptors (Lipinski definition) is 7. The van der Waals surface area contributed by atoms with Crippen molar-refractivity contribution >= 4 is 10.1 Å². The van der Waals surface area contributed by atoms with E-state index in [1.165, 1.54) is 44.1 Å². The zero-order valence-corrected chi connectivity index (χ0v) is 24.0. The first-order valence-corrected chi connectivity index (χ1v) is 16.0. The van der Waals surface area contributed by atoms with Gasteiger partial charge in [0.1, 0.15) is 0 Å². The number of para-hydroxylation sites is 1. The average molecular weight is 541 g/mol. The van der Waals surface area contributed by atoms with E-state index >= 15 is 0 Å². The molecule has 37 heavy (non-hydrogen) atoms. The molecule has 0 bridgehead atoms. The molecule has 1 aliphatic heterocycles. The van der Waals surface area contributed by atoms with Crippen molar-refractivity contribution in [1.82, 2.24) is 0 Å². The van der Waals surface area contributed by atoms with Crippen molar-refractivity contribution in [2.75, 3.05) is 19.5 Å². The molecule has 8 heteroatoms. The van der Waals surface area contributed by atoms with Crippen LogP contribution in [-0.2, 0) is 19.0 Å². The van der Waals surface area contributed by atoms with Crippen molar-refractivity contribution in [3.05, 3.63) is 29.8 Å². The standard InChI is InChI=1S/C29H48O7S/c1-4-6-7-8-9-12-15-19-25(20-16-13-10-11-14-17-23-34-37(3,31)32)24-29(33-5-2)35-27-22-18-21-26(30)28(27)36-29/h18-19,21-22,30H,4-17,20,23-24H2,1-3H3/b25-19+. The number of benzene rings is 1. The molecule has 1 aliphatic rings. The maximum absolute atomic E-state index is 11.0. The van der Waals surface area contributed by atoms with Crippen molar-refractivity contribution in [2.45, 2.75) is 116 Å². The third-order valence-electron chi connectivity index (χ3n) is 6.47. The number of hydrogen-bond donors (Lipinski definition) is 1. The van der Waals surface area contributed by atoms with Crippen molar-refractivity contribution in [3.63, 3.8) is 0 Å². The van der Waals surface area contributed by atoms with Gasteiger partial charge in [-0.15, -0.1) is 0 Å². The molecule has 2 rings (SSSR count). The van der Waals surface area contributed by atoms with E-state index in [1.807, 2.05) is 6.92 Å². The average Bonchev–Trinajstić information content (AvgIpc) is 3.21. The van der Waals surface area contributed by atoms with Crippen LogP contribution in [0.25, 0.3) is 0 Å². The van der Waals surface area contributed by atoms with Crippen LogP contribution in [0.3, 0.4) is 0 Å². The quantitative estimate of drug-likeness (QED) is 0.0973. The minimum Gasteiger partial charge on any atom is -0.504 e. The highest BCUT2D eigenvalue weighted by Crippen LogP contribution is 2.47. The third kappa shape index (κ3) is 12.5. The van der Waals surface area contributed by atoms with Crippen LogP contribution in [0.5, 0.6) is 17.2 Å². The molecule has 1 heterocycles. The monoisotopic (exact) mass is 540 g/mol. The second-order valence-corrected chi connectivity index (χ2v) is 11.6. The number of phenols is 1. The Bertz CT molecular complexity index is 913. The highest BCUT2D eigenvalue weighted by molar-refractivity contribution is 7.85. The lowest BCUT2D eigenvalue weighted by atomic mass is 9.99. The van der Waals surface area contributed by atoms with Gasteiger partial charge in [-0.2, -0.15) is 8.42 Å². The molecule has 0 amide bonds. The second-order valence-electron chi connectivity index (χ2n) is 9.92. The van der Waals surface area contributed by atoms with Crippen molar-refractivity contribution < 1.29 is 31.9 Å². The van der Waals surface area contributed by atoms with Gasteiger partial charge in [0.2, 0.25) is 5.75 Å². The van der Waals surface area contributed by atoms with E-state index in [9.17, 15) is 13.5 Å². The second kappa shape index (κ2) is 16.9. The summed E-state index contributed by atoms with van der Waals surface area (Å²) < 4.78 is 45.0. The molecule has 1 aromatic rings. The summed E-state index contributed by atoms with van der Waals surface area (Å²) in [4.78, 5) is 0. The van der Waals surface area contributed by atoms with E-state index in [2.05, 4.69) is 13.0 Å². The van der Waals surface area contributed by atoms with Crippen LogP contribution in [0.1, 0.15) is 110 Å². The Balaban J connectivity index is 1.87. The summed E-state index contributed by atoms with van der Waals surface area (Å²) in [7, 11) is -3.34. The smallest absolute Gasteiger partial charge is 0.375 e. The van der Waals surface area contributed by atoms with E-state index in [4.69, 9.17) is 18.4 Å². The molecule has 212 valence electrons. The summed E-state index contributed by atoms with van der Waals surface area (Å²) >= 11 is 0. The number of rotatable bonds is 21. The van der Waals surface area contributed by atoms with Crippen LogP contribution < -0.4 is 9.47 Å². The molecule has 1 unspecified atom stereocenters. The first kappa shape index (κ1) is 31.4. The highest BCUT2D eigenvalue weighted by Gasteiger charge is 2.44. The molecule has 1 aromatic carbocycles. The predicted molar refractivity (Wildman–Crippen MR) is 148 cm³/mol. The summed E-state index contributed by atoms with van der Waals surface area (Å²) in [5.74, 6) is -0.351. The lowest BCUT2D eigenvalue weighted by Crippen LogP contribution is -2.42. The van der Waals surface area contributed by atoms with Crippen LogP contribution in [0, 0.1) is 0 Å².